The van der Waals surface area contributed by atoms with Crippen LogP contribution in [-0.4, -0.2) is 20.6 Å². The van der Waals surface area contributed by atoms with Gasteiger partial charge in [-0.25, -0.2) is 9.37 Å². The van der Waals surface area contributed by atoms with Gasteiger partial charge in [-0.2, -0.15) is 0 Å². The molecule has 0 spiro atoms. The Morgan fingerprint density at radius 2 is 1.95 bits per heavy atom. The molecule has 1 heterocycles. The van der Waals surface area contributed by atoms with Crippen LogP contribution in [0.25, 0.3) is 11.0 Å². The molecule has 5 heteroatoms. The highest BCUT2D eigenvalue weighted by atomic mass is 19.1. The molecule has 1 N–H and O–H groups in total. The average molecular weight is 298 g/mol. The molecule has 0 saturated carbocycles. The van der Waals surface area contributed by atoms with Gasteiger partial charge in [-0.05, 0) is 17.7 Å². The molecule has 3 aromatic rings. The van der Waals surface area contributed by atoms with Gasteiger partial charge in [0.1, 0.15) is 11.6 Å². The van der Waals surface area contributed by atoms with Crippen LogP contribution in [-0.2, 0) is 17.8 Å². The number of rotatable bonds is 5. The highest BCUT2D eigenvalue weighted by Gasteiger charge is 2.13. The van der Waals surface area contributed by atoms with Gasteiger partial charge in [0.05, 0.1) is 17.5 Å². The number of hydrogen-bond donors (Lipinski definition) is 1. The van der Waals surface area contributed by atoms with E-state index in [1.54, 1.807) is 6.07 Å². The summed E-state index contributed by atoms with van der Waals surface area (Å²) in [6.07, 6.45) is 0.319. The van der Waals surface area contributed by atoms with Crippen molar-refractivity contribution in [2.24, 2.45) is 0 Å². The molecule has 22 heavy (non-hydrogen) atoms. The minimum atomic E-state index is -0.871. The van der Waals surface area contributed by atoms with E-state index in [0.29, 0.717) is 24.3 Å². The quantitative estimate of drug-likeness (QED) is 0.786. The van der Waals surface area contributed by atoms with E-state index in [1.807, 2.05) is 34.9 Å². The number of carboxylic acids is 1. The molecule has 0 aliphatic carbocycles. The van der Waals surface area contributed by atoms with Crippen molar-refractivity contribution >= 4 is 17.0 Å². The minimum absolute atomic E-state index is 0.000589. The first-order valence-corrected chi connectivity index (χ1v) is 7.04. The number of fused-ring (bicyclic) bond motifs is 1. The molecule has 0 fully saturated rings. The Kier molecular flexibility index (Phi) is 3.87. The van der Waals surface area contributed by atoms with Crippen LogP contribution in [0.5, 0.6) is 0 Å². The number of aromatic nitrogens is 2. The highest BCUT2D eigenvalue weighted by Crippen LogP contribution is 2.20. The molecule has 0 saturated heterocycles. The Bertz CT molecular complexity index is 812. The summed E-state index contributed by atoms with van der Waals surface area (Å²) in [5.41, 5.74) is 2.45. The second-order valence-electron chi connectivity index (χ2n) is 5.13. The molecule has 0 aliphatic heterocycles. The largest absolute Gasteiger partial charge is 0.481 e. The Hall–Kier alpha value is -2.69. The van der Waals surface area contributed by atoms with Crippen LogP contribution < -0.4 is 0 Å². The van der Waals surface area contributed by atoms with Crippen molar-refractivity contribution in [3.63, 3.8) is 0 Å². The fourth-order valence-corrected chi connectivity index (χ4v) is 2.50. The fraction of sp³-hybridized carbons (Fsp3) is 0.176. The monoisotopic (exact) mass is 298 g/mol. The summed E-state index contributed by atoms with van der Waals surface area (Å²) in [5, 5.41) is 8.88. The summed E-state index contributed by atoms with van der Waals surface area (Å²) in [5.74, 6) is -0.557. The number of aliphatic carboxylic acids is 1. The maximum atomic E-state index is 13.4. The van der Waals surface area contributed by atoms with E-state index in [2.05, 4.69) is 4.98 Å². The van der Waals surface area contributed by atoms with Crippen molar-refractivity contribution in [1.29, 1.82) is 0 Å². The first-order valence-electron chi connectivity index (χ1n) is 7.04. The van der Waals surface area contributed by atoms with Gasteiger partial charge in [0.25, 0.3) is 0 Å². The second kappa shape index (κ2) is 5.97. The zero-order valence-electron chi connectivity index (χ0n) is 11.9. The fourth-order valence-electron chi connectivity index (χ4n) is 2.50. The molecule has 2 aromatic carbocycles. The van der Waals surface area contributed by atoms with Crippen LogP contribution in [0.1, 0.15) is 17.8 Å². The first-order chi connectivity index (χ1) is 10.6. The highest BCUT2D eigenvalue weighted by molar-refractivity contribution is 5.76. The number of halogens is 1. The topological polar surface area (TPSA) is 55.1 Å². The third-order valence-electron chi connectivity index (χ3n) is 3.54. The third kappa shape index (κ3) is 2.98. The lowest BCUT2D eigenvalue weighted by Gasteiger charge is -2.09. The normalized spacial score (nSPS) is 11.0. The molecular weight excluding hydrogens is 283 g/mol. The van der Waals surface area contributed by atoms with Crippen molar-refractivity contribution in [2.75, 3.05) is 0 Å². The van der Waals surface area contributed by atoms with Gasteiger partial charge >= 0.3 is 5.97 Å². The number of imidazole rings is 1. The van der Waals surface area contributed by atoms with Crippen LogP contribution in [0.3, 0.4) is 0 Å². The molecule has 0 aliphatic rings. The van der Waals surface area contributed by atoms with E-state index in [-0.39, 0.29) is 12.2 Å². The second-order valence-corrected chi connectivity index (χ2v) is 5.13. The van der Waals surface area contributed by atoms with Gasteiger partial charge in [-0.1, -0.05) is 30.3 Å². The number of nitrogens with zero attached hydrogens (tertiary/aromatic N) is 2. The molecule has 0 amide bonds. The molecule has 0 bridgehead atoms. The third-order valence-corrected chi connectivity index (χ3v) is 3.54. The Balaban J connectivity index is 2.03. The predicted molar refractivity (Wildman–Crippen MR) is 81.2 cm³/mol. The van der Waals surface area contributed by atoms with E-state index in [1.165, 1.54) is 12.1 Å². The van der Waals surface area contributed by atoms with Crippen LogP contribution in [0.15, 0.2) is 48.5 Å². The van der Waals surface area contributed by atoms with Gasteiger partial charge < -0.3 is 9.67 Å². The molecule has 0 radical (unpaired) electrons. The lowest BCUT2D eigenvalue weighted by molar-refractivity contribution is -0.137. The standard InChI is InChI=1S/C17H15FN2O2/c18-13-6-7-15-14(10-13)19-16(8-9-17(21)22)20(15)11-12-4-2-1-3-5-12/h1-7,10H,8-9,11H2,(H,21,22). The summed E-state index contributed by atoms with van der Waals surface area (Å²) in [6, 6.07) is 14.3. The van der Waals surface area contributed by atoms with Gasteiger partial charge in [0.15, 0.2) is 0 Å². The summed E-state index contributed by atoms with van der Waals surface area (Å²) < 4.78 is 15.3. The molecule has 3 rings (SSSR count). The van der Waals surface area contributed by atoms with E-state index in [4.69, 9.17) is 5.11 Å². The minimum Gasteiger partial charge on any atom is -0.481 e. The Morgan fingerprint density at radius 3 is 2.68 bits per heavy atom. The van der Waals surface area contributed by atoms with Crippen molar-refractivity contribution < 1.29 is 14.3 Å². The van der Waals surface area contributed by atoms with E-state index in [9.17, 15) is 9.18 Å². The Morgan fingerprint density at radius 1 is 1.18 bits per heavy atom. The van der Waals surface area contributed by atoms with Gasteiger partial charge in [-0.3, -0.25) is 4.79 Å². The maximum absolute atomic E-state index is 13.4. The van der Waals surface area contributed by atoms with E-state index < -0.39 is 5.97 Å². The van der Waals surface area contributed by atoms with Crippen LogP contribution in [0.4, 0.5) is 4.39 Å². The number of carbonyl (C=O) groups is 1. The molecule has 4 nitrogen and oxygen atoms in total. The molecular formula is C17H15FN2O2. The zero-order valence-corrected chi connectivity index (χ0v) is 11.9. The molecule has 0 atom stereocenters. The lowest BCUT2D eigenvalue weighted by atomic mass is 10.2. The maximum Gasteiger partial charge on any atom is 0.303 e. The number of aryl methyl sites for hydroxylation is 1. The van der Waals surface area contributed by atoms with Gasteiger partial charge in [0, 0.05) is 19.0 Å². The molecule has 1 aromatic heterocycles. The first kappa shape index (κ1) is 14.3. The smallest absolute Gasteiger partial charge is 0.303 e. The van der Waals surface area contributed by atoms with Gasteiger partial charge in [0.2, 0.25) is 0 Å². The number of benzene rings is 2. The van der Waals surface area contributed by atoms with Gasteiger partial charge in [-0.15, -0.1) is 0 Å². The van der Waals surface area contributed by atoms with E-state index in [0.717, 1.165) is 11.1 Å². The SMILES string of the molecule is O=C(O)CCc1nc2cc(F)ccc2n1Cc1ccccc1. The van der Waals surface area contributed by atoms with Crippen molar-refractivity contribution in [3.05, 3.63) is 65.7 Å². The summed E-state index contributed by atoms with van der Waals surface area (Å²) in [4.78, 5) is 15.2. The van der Waals surface area contributed by atoms with Crippen molar-refractivity contribution in [3.8, 4) is 0 Å². The Labute approximate surface area is 126 Å². The summed E-state index contributed by atoms with van der Waals surface area (Å²) in [7, 11) is 0. The van der Waals surface area contributed by atoms with Crippen LogP contribution in [0, 0.1) is 5.82 Å². The van der Waals surface area contributed by atoms with Crippen molar-refractivity contribution in [1.82, 2.24) is 9.55 Å². The summed E-state index contributed by atoms with van der Waals surface area (Å²) in [6.45, 7) is 0.581. The van der Waals surface area contributed by atoms with Crippen LogP contribution in [0.2, 0.25) is 0 Å². The molecule has 0 unspecified atom stereocenters. The lowest BCUT2D eigenvalue weighted by Crippen LogP contribution is -2.07. The molecule has 112 valence electrons. The zero-order chi connectivity index (χ0) is 15.5. The number of hydrogen-bond acceptors (Lipinski definition) is 2. The average Bonchev–Trinajstić information content (AvgIpc) is 2.83. The summed E-state index contributed by atoms with van der Waals surface area (Å²) >= 11 is 0. The van der Waals surface area contributed by atoms with Crippen LogP contribution >= 0.6 is 0 Å². The van der Waals surface area contributed by atoms with Crippen molar-refractivity contribution in [2.45, 2.75) is 19.4 Å². The van der Waals surface area contributed by atoms with E-state index >= 15 is 0 Å². The predicted octanol–water partition coefficient (Wildman–Crippen LogP) is 3.24. The number of carboxylic acid groups (broad SMARTS) is 1.